The maximum Gasteiger partial charge on any atom is 0.248 e. The molecule has 152 valence electrons. The van der Waals surface area contributed by atoms with Crippen molar-refractivity contribution < 1.29 is 22.5 Å². The fourth-order valence-corrected chi connectivity index (χ4v) is 5.02. The second-order valence-electron chi connectivity index (χ2n) is 7.16. The van der Waals surface area contributed by atoms with Gasteiger partial charge in [0.25, 0.3) is 0 Å². The van der Waals surface area contributed by atoms with Gasteiger partial charge in [-0.05, 0) is 26.2 Å². The van der Waals surface area contributed by atoms with Gasteiger partial charge in [-0.1, -0.05) is 19.0 Å². The molecule has 2 amide bonds. The molecule has 10 heteroatoms. The Bertz CT molecular complexity index is 783. The van der Waals surface area contributed by atoms with Gasteiger partial charge in [0.05, 0.1) is 0 Å². The lowest BCUT2D eigenvalue weighted by Crippen LogP contribution is -2.51. The van der Waals surface area contributed by atoms with E-state index in [1.54, 1.807) is 18.7 Å². The number of hydrogen-bond donors (Lipinski definition) is 1. The number of rotatable bonds is 5. The van der Waals surface area contributed by atoms with Crippen LogP contribution in [0.3, 0.4) is 0 Å². The number of aryl methyl sites for hydroxylation is 2. The van der Waals surface area contributed by atoms with Crippen LogP contribution in [0.5, 0.6) is 0 Å². The fourth-order valence-electron chi connectivity index (χ4n) is 3.26. The number of carbonyl (C=O) groups is 2. The van der Waals surface area contributed by atoms with E-state index in [9.17, 15) is 18.0 Å². The molecule has 0 radical (unpaired) electrons. The summed E-state index contributed by atoms with van der Waals surface area (Å²) >= 11 is 0. The summed E-state index contributed by atoms with van der Waals surface area (Å²) in [6.07, 6.45) is 0.513. The minimum atomic E-state index is -3.74. The highest BCUT2D eigenvalue weighted by Crippen LogP contribution is 2.24. The number of sulfonamides is 1. The third kappa shape index (κ3) is 4.67. The largest absolute Gasteiger partial charge is 0.360 e. The summed E-state index contributed by atoms with van der Waals surface area (Å²) in [5, 5.41) is 6.42. The molecule has 1 unspecified atom stereocenters. The Balaban J connectivity index is 2.15. The predicted molar refractivity (Wildman–Crippen MR) is 98.4 cm³/mol. The summed E-state index contributed by atoms with van der Waals surface area (Å²) in [6.45, 7) is 9.47. The molecule has 9 nitrogen and oxygen atoms in total. The molecule has 1 N–H and O–H groups in total. The van der Waals surface area contributed by atoms with E-state index >= 15 is 0 Å². The third-order valence-electron chi connectivity index (χ3n) is 4.62. The topological polar surface area (TPSA) is 113 Å². The van der Waals surface area contributed by atoms with Crippen molar-refractivity contribution in [3.8, 4) is 0 Å². The lowest BCUT2D eigenvalue weighted by molar-refractivity contribution is -0.137. The zero-order chi connectivity index (χ0) is 20.4. The van der Waals surface area contributed by atoms with Crippen LogP contribution < -0.4 is 5.32 Å². The van der Waals surface area contributed by atoms with Crippen LogP contribution in [-0.4, -0.2) is 66.8 Å². The number of nitrogens with zero attached hydrogens (tertiary/aromatic N) is 3. The average molecular weight is 401 g/mol. The van der Waals surface area contributed by atoms with Gasteiger partial charge in [-0.2, -0.15) is 4.31 Å². The zero-order valence-electron chi connectivity index (χ0n) is 16.5. The first-order valence-electron chi connectivity index (χ1n) is 9.04. The van der Waals surface area contributed by atoms with Gasteiger partial charge in [0, 0.05) is 33.1 Å². The van der Waals surface area contributed by atoms with Crippen molar-refractivity contribution >= 4 is 21.8 Å². The molecule has 1 fully saturated rings. The van der Waals surface area contributed by atoms with Crippen LogP contribution in [0.25, 0.3) is 0 Å². The number of hydrogen-bond acceptors (Lipinski definition) is 6. The minimum Gasteiger partial charge on any atom is -0.360 e. The van der Waals surface area contributed by atoms with Crippen molar-refractivity contribution in [2.45, 2.75) is 52.0 Å². The van der Waals surface area contributed by atoms with E-state index in [1.807, 2.05) is 13.8 Å². The summed E-state index contributed by atoms with van der Waals surface area (Å²) in [4.78, 5) is 26.0. The van der Waals surface area contributed by atoms with Crippen LogP contribution in [0, 0.1) is 19.8 Å². The molecule has 1 aromatic rings. The van der Waals surface area contributed by atoms with Crippen molar-refractivity contribution in [2.24, 2.45) is 5.92 Å². The molecule has 1 aliphatic heterocycles. The van der Waals surface area contributed by atoms with E-state index in [1.165, 1.54) is 11.2 Å². The summed E-state index contributed by atoms with van der Waals surface area (Å²) in [5.41, 5.74) is 0.329. The van der Waals surface area contributed by atoms with Gasteiger partial charge in [-0.3, -0.25) is 9.59 Å². The van der Waals surface area contributed by atoms with E-state index in [-0.39, 0.29) is 41.5 Å². The summed E-state index contributed by atoms with van der Waals surface area (Å²) < 4.78 is 32.3. The molecule has 2 heterocycles. The number of aromatic nitrogens is 1. The quantitative estimate of drug-likeness (QED) is 0.777. The third-order valence-corrected chi connectivity index (χ3v) is 6.77. The van der Waals surface area contributed by atoms with Gasteiger partial charge in [0.2, 0.25) is 21.8 Å². The molecule has 0 saturated carbocycles. The summed E-state index contributed by atoms with van der Waals surface area (Å²) in [7, 11) is -3.74. The lowest BCUT2D eigenvalue weighted by Gasteiger charge is -2.28. The molecule has 27 heavy (non-hydrogen) atoms. The smallest absolute Gasteiger partial charge is 0.248 e. The maximum absolute atomic E-state index is 13.0. The van der Waals surface area contributed by atoms with Crippen molar-refractivity contribution in [3.05, 3.63) is 11.5 Å². The van der Waals surface area contributed by atoms with Gasteiger partial charge in [0.1, 0.15) is 16.6 Å². The Kier molecular flexibility index (Phi) is 6.63. The highest BCUT2D eigenvalue weighted by Gasteiger charge is 2.34. The van der Waals surface area contributed by atoms with Crippen LogP contribution in [0.1, 0.15) is 38.6 Å². The van der Waals surface area contributed by atoms with E-state index in [0.717, 1.165) is 0 Å². The highest BCUT2D eigenvalue weighted by molar-refractivity contribution is 7.89. The van der Waals surface area contributed by atoms with E-state index < -0.39 is 16.1 Å². The highest BCUT2D eigenvalue weighted by atomic mass is 32.2. The van der Waals surface area contributed by atoms with Crippen molar-refractivity contribution in [3.63, 3.8) is 0 Å². The molecule has 0 aromatic carbocycles. The van der Waals surface area contributed by atoms with Gasteiger partial charge in [-0.15, -0.1) is 0 Å². The van der Waals surface area contributed by atoms with Crippen LogP contribution in [-0.2, 0) is 19.6 Å². The molecular formula is C17H28N4O5S. The summed E-state index contributed by atoms with van der Waals surface area (Å²) in [5.74, 6) is -0.252. The van der Waals surface area contributed by atoms with Gasteiger partial charge in [-0.25, -0.2) is 8.42 Å². The SMILES string of the molecule is CC(=O)NC(C(=O)N1CCCN(S(=O)(=O)c2c(C)noc2C)CC1)C(C)C. The maximum atomic E-state index is 13.0. The van der Waals surface area contributed by atoms with Gasteiger partial charge >= 0.3 is 0 Å². The predicted octanol–water partition coefficient (Wildman–Crippen LogP) is 0.675. The van der Waals surface area contributed by atoms with Crippen LogP contribution >= 0.6 is 0 Å². The van der Waals surface area contributed by atoms with Gasteiger partial charge < -0.3 is 14.7 Å². The monoisotopic (exact) mass is 400 g/mol. The summed E-state index contributed by atoms with van der Waals surface area (Å²) in [6, 6.07) is -0.617. The van der Waals surface area contributed by atoms with Gasteiger partial charge in [0.15, 0.2) is 5.76 Å². The van der Waals surface area contributed by atoms with Crippen molar-refractivity contribution in [1.82, 2.24) is 19.7 Å². The second kappa shape index (κ2) is 8.39. The normalized spacial score (nSPS) is 17.6. The second-order valence-corrected chi connectivity index (χ2v) is 9.03. The molecule has 0 aliphatic carbocycles. The Morgan fingerprint density at radius 2 is 1.81 bits per heavy atom. The number of carbonyl (C=O) groups excluding carboxylic acids is 2. The molecule has 1 atom stereocenters. The van der Waals surface area contributed by atoms with Crippen LogP contribution in [0.15, 0.2) is 9.42 Å². The van der Waals surface area contributed by atoms with Crippen LogP contribution in [0.2, 0.25) is 0 Å². The molecule has 1 aliphatic rings. The lowest BCUT2D eigenvalue weighted by atomic mass is 10.0. The minimum absolute atomic E-state index is 0.0632. The first kappa shape index (κ1) is 21.4. The standard InChI is InChI=1S/C17H28N4O5S/c1-11(2)15(18-14(5)22)17(23)20-7-6-8-21(10-9-20)27(24,25)16-12(3)19-26-13(16)4/h11,15H,6-10H2,1-5H3,(H,18,22). The molecule has 0 spiro atoms. The van der Waals surface area contributed by atoms with Crippen molar-refractivity contribution in [2.75, 3.05) is 26.2 Å². The Labute approximate surface area is 160 Å². The number of nitrogens with one attached hydrogen (secondary N) is 1. The Hall–Kier alpha value is -1.94. The molecule has 1 saturated heterocycles. The first-order valence-corrected chi connectivity index (χ1v) is 10.5. The van der Waals surface area contributed by atoms with E-state index in [0.29, 0.717) is 25.2 Å². The molecule has 0 bridgehead atoms. The Morgan fingerprint density at radius 3 is 2.33 bits per heavy atom. The average Bonchev–Trinajstić information content (AvgIpc) is 2.78. The molecule has 2 rings (SSSR count). The first-order chi connectivity index (χ1) is 12.6. The number of amides is 2. The van der Waals surface area contributed by atoms with Crippen molar-refractivity contribution in [1.29, 1.82) is 0 Å². The molecule has 1 aromatic heterocycles. The van der Waals surface area contributed by atoms with E-state index in [2.05, 4.69) is 10.5 Å². The van der Waals surface area contributed by atoms with Crippen LogP contribution in [0.4, 0.5) is 0 Å². The van der Waals surface area contributed by atoms with E-state index in [4.69, 9.17) is 4.52 Å². The zero-order valence-corrected chi connectivity index (χ0v) is 17.3. The molecular weight excluding hydrogens is 372 g/mol. The fraction of sp³-hybridized carbons (Fsp3) is 0.706. The Morgan fingerprint density at radius 1 is 1.15 bits per heavy atom.